The van der Waals surface area contributed by atoms with Crippen LogP contribution >= 0.6 is 23.1 Å². The molecule has 2 heterocycles. The number of fused-ring (bicyclic) bond motifs is 2. The van der Waals surface area contributed by atoms with Crippen LogP contribution in [0.2, 0.25) is 0 Å². The highest BCUT2D eigenvalue weighted by atomic mass is 32.2. The van der Waals surface area contributed by atoms with Gasteiger partial charge >= 0.3 is 0 Å². The molecule has 0 radical (unpaired) electrons. The third-order valence-electron chi connectivity index (χ3n) is 6.02. The lowest BCUT2D eigenvalue weighted by atomic mass is 9.79. The molecule has 0 saturated carbocycles. The Kier molecular flexibility index (Phi) is 6.08. The minimum atomic E-state index is -0.133. The first-order valence-electron chi connectivity index (χ1n) is 10.4. The molecule has 0 fully saturated rings. The molecule has 1 atom stereocenters. The number of hydrogen-bond acceptors (Lipinski definition) is 6. The van der Waals surface area contributed by atoms with Crippen molar-refractivity contribution in [1.82, 2.24) is 10.4 Å². The lowest BCUT2D eigenvalue weighted by molar-refractivity contribution is -0.118. The van der Waals surface area contributed by atoms with Gasteiger partial charge in [0.1, 0.15) is 0 Å². The summed E-state index contributed by atoms with van der Waals surface area (Å²) in [6.45, 7) is 8.95. The summed E-state index contributed by atoms with van der Waals surface area (Å²) in [5.74, 6) is 0.636. The third-order valence-corrected chi connectivity index (χ3v) is 8.19. The molecule has 0 saturated heterocycles. The molecule has 4 rings (SSSR count). The van der Waals surface area contributed by atoms with E-state index in [4.69, 9.17) is 0 Å². The van der Waals surface area contributed by atoms with E-state index in [-0.39, 0.29) is 17.2 Å². The van der Waals surface area contributed by atoms with Gasteiger partial charge in [-0.25, -0.2) is 10.4 Å². The molecule has 0 bridgehead atoms. The molecule has 0 spiro atoms. The maximum Gasteiger partial charge on any atom is 0.250 e. The Morgan fingerprint density at radius 1 is 1.39 bits per heavy atom. The number of aromatic nitrogens is 1. The first-order valence-corrected chi connectivity index (χ1v) is 12.2. The van der Waals surface area contributed by atoms with E-state index < -0.39 is 0 Å². The summed E-state index contributed by atoms with van der Waals surface area (Å²) in [4.78, 5) is 19.2. The SMILES string of the molecule is Cc1cc2c(cc1/C=N/NC(=O)CSc1nc3ccccc3s1)C(C)CC(C)(C)N2C. The van der Waals surface area contributed by atoms with Gasteiger partial charge in [0.15, 0.2) is 4.34 Å². The zero-order chi connectivity index (χ0) is 22.2. The van der Waals surface area contributed by atoms with E-state index in [0.29, 0.717) is 5.92 Å². The topological polar surface area (TPSA) is 57.6 Å². The number of carbonyl (C=O) groups excluding carboxylic acids is 1. The zero-order valence-electron chi connectivity index (χ0n) is 18.6. The van der Waals surface area contributed by atoms with Crippen molar-refractivity contribution < 1.29 is 4.79 Å². The second-order valence-corrected chi connectivity index (χ2v) is 11.0. The van der Waals surface area contributed by atoms with Gasteiger partial charge in [-0.15, -0.1) is 11.3 Å². The molecule has 3 aromatic rings. The molecular formula is C24H28N4OS2. The van der Waals surface area contributed by atoms with Crippen molar-refractivity contribution in [3.63, 3.8) is 0 Å². The summed E-state index contributed by atoms with van der Waals surface area (Å²) in [6.07, 6.45) is 2.86. The van der Waals surface area contributed by atoms with E-state index >= 15 is 0 Å². The standard InChI is InChI=1S/C24H28N4OS2/c1-15-10-20-18(16(2)12-24(3,4)28(20)5)11-17(15)13-25-27-22(29)14-30-23-26-19-8-6-7-9-21(19)31-23/h6-11,13,16H,12,14H2,1-5H3,(H,27,29)/b25-13+. The van der Waals surface area contributed by atoms with Crippen molar-refractivity contribution in [3.05, 3.63) is 53.1 Å². The Labute approximate surface area is 191 Å². The molecule has 162 valence electrons. The number of thiazole rings is 1. The second kappa shape index (κ2) is 8.63. The van der Waals surface area contributed by atoms with Crippen LogP contribution < -0.4 is 10.3 Å². The Morgan fingerprint density at radius 2 is 2.16 bits per heavy atom. The van der Waals surface area contributed by atoms with E-state index in [1.54, 1.807) is 17.6 Å². The molecule has 1 unspecified atom stereocenters. The highest BCUT2D eigenvalue weighted by molar-refractivity contribution is 8.01. The average molecular weight is 453 g/mol. The Bertz CT molecular complexity index is 1120. The van der Waals surface area contributed by atoms with E-state index in [1.165, 1.54) is 23.0 Å². The van der Waals surface area contributed by atoms with Crippen molar-refractivity contribution in [3.8, 4) is 0 Å². The number of thioether (sulfide) groups is 1. The summed E-state index contributed by atoms with van der Waals surface area (Å²) in [5.41, 5.74) is 8.58. The number of carbonyl (C=O) groups is 1. The number of hydrogen-bond donors (Lipinski definition) is 1. The smallest absolute Gasteiger partial charge is 0.250 e. The number of amides is 1. The van der Waals surface area contributed by atoms with Gasteiger partial charge in [0.25, 0.3) is 5.91 Å². The molecule has 5 nitrogen and oxygen atoms in total. The fourth-order valence-corrected chi connectivity index (χ4v) is 5.98. The van der Waals surface area contributed by atoms with Crippen LogP contribution in [0, 0.1) is 6.92 Å². The van der Waals surface area contributed by atoms with Crippen molar-refractivity contribution in [2.45, 2.75) is 49.9 Å². The molecule has 7 heteroatoms. The van der Waals surface area contributed by atoms with Gasteiger partial charge < -0.3 is 4.90 Å². The van der Waals surface area contributed by atoms with Crippen molar-refractivity contribution in [2.75, 3.05) is 17.7 Å². The van der Waals surface area contributed by atoms with Crippen molar-refractivity contribution in [1.29, 1.82) is 0 Å². The molecule has 1 aliphatic rings. The van der Waals surface area contributed by atoms with E-state index in [2.05, 4.69) is 67.3 Å². The van der Waals surface area contributed by atoms with Gasteiger partial charge in [0, 0.05) is 18.3 Å². The van der Waals surface area contributed by atoms with E-state index in [1.807, 2.05) is 24.3 Å². The van der Waals surface area contributed by atoms with Crippen LogP contribution in [0.3, 0.4) is 0 Å². The predicted octanol–water partition coefficient (Wildman–Crippen LogP) is 5.57. The van der Waals surface area contributed by atoms with E-state index in [9.17, 15) is 4.79 Å². The van der Waals surface area contributed by atoms with Crippen LogP contribution in [0.4, 0.5) is 5.69 Å². The number of nitrogens with zero attached hydrogens (tertiary/aromatic N) is 3. The maximum atomic E-state index is 12.2. The van der Waals surface area contributed by atoms with Crippen LogP contribution in [0.25, 0.3) is 10.2 Å². The monoisotopic (exact) mass is 452 g/mol. The highest BCUT2D eigenvalue weighted by Crippen LogP contribution is 2.43. The average Bonchev–Trinajstić information content (AvgIpc) is 3.14. The minimum absolute atomic E-state index is 0.133. The largest absolute Gasteiger partial charge is 0.369 e. The Balaban J connectivity index is 1.39. The number of anilines is 1. The fraction of sp³-hybridized carbons (Fsp3) is 0.375. The lowest BCUT2D eigenvalue weighted by Gasteiger charge is -2.45. The lowest BCUT2D eigenvalue weighted by Crippen LogP contribution is -2.45. The number of benzene rings is 2. The molecule has 1 aliphatic heterocycles. The predicted molar refractivity (Wildman–Crippen MR) is 133 cm³/mol. The van der Waals surface area contributed by atoms with Crippen LogP contribution in [0.15, 0.2) is 45.8 Å². The molecule has 1 aromatic heterocycles. The second-order valence-electron chi connectivity index (χ2n) is 8.77. The number of nitrogens with one attached hydrogen (secondary N) is 1. The van der Waals surface area contributed by atoms with Crippen LogP contribution in [-0.2, 0) is 4.79 Å². The first kappa shape index (κ1) is 21.8. The van der Waals surface area contributed by atoms with Gasteiger partial charge in [-0.3, -0.25) is 4.79 Å². The van der Waals surface area contributed by atoms with Crippen LogP contribution in [0.1, 0.15) is 49.8 Å². The summed E-state index contributed by atoms with van der Waals surface area (Å²) in [7, 11) is 2.17. The summed E-state index contributed by atoms with van der Waals surface area (Å²) in [5, 5.41) is 4.21. The van der Waals surface area contributed by atoms with Crippen LogP contribution in [-0.4, -0.2) is 35.4 Å². The summed E-state index contributed by atoms with van der Waals surface area (Å²) < 4.78 is 2.03. The van der Waals surface area contributed by atoms with Crippen LogP contribution in [0.5, 0.6) is 0 Å². The Hall–Kier alpha value is -2.38. The summed E-state index contributed by atoms with van der Waals surface area (Å²) >= 11 is 3.04. The van der Waals surface area contributed by atoms with Gasteiger partial charge in [0.2, 0.25) is 0 Å². The number of aryl methyl sites for hydroxylation is 1. The Morgan fingerprint density at radius 3 is 2.94 bits per heavy atom. The molecule has 31 heavy (non-hydrogen) atoms. The van der Waals surface area contributed by atoms with Gasteiger partial charge in [-0.1, -0.05) is 30.8 Å². The maximum absolute atomic E-state index is 12.2. The van der Waals surface area contributed by atoms with Crippen molar-refractivity contribution in [2.24, 2.45) is 5.10 Å². The molecular weight excluding hydrogens is 424 g/mol. The summed E-state index contributed by atoms with van der Waals surface area (Å²) in [6, 6.07) is 12.5. The zero-order valence-corrected chi connectivity index (χ0v) is 20.2. The van der Waals surface area contributed by atoms with Crippen molar-refractivity contribution >= 4 is 51.1 Å². The third kappa shape index (κ3) is 4.62. The first-order chi connectivity index (χ1) is 14.7. The number of para-hydroxylation sites is 1. The quantitative estimate of drug-likeness (QED) is 0.312. The van der Waals surface area contributed by atoms with Gasteiger partial charge in [-0.05, 0) is 74.1 Å². The highest BCUT2D eigenvalue weighted by Gasteiger charge is 2.34. The van der Waals surface area contributed by atoms with E-state index in [0.717, 1.165) is 32.1 Å². The van der Waals surface area contributed by atoms with Gasteiger partial charge in [-0.2, -0.15) is 5.10 Å². The molecule has 1 N–H and O–H groups in total. The molecule has 1 amide bonds. The molecule has 2 aromatic carbocycles. The fourth-order valence-electron chi connectivity index (χ4n) is 4.12. The number of hydrazone groups is 1. The van der Waals surface area contributed by atoms with Gasteiger partial charge in [0.05, 0.1) is 22.2 Å². The molecule has 0 aliphatic carbocycles. The number of rotatable bonds is 5. The normalized spacial score (nSPS) is 17.8. The minimum Gasteiger partial charge on any atom is -0.369 e.